The molecule has 0 bridgehead atoms. The summed E-state index contributed by atoms with van der Waals surface area (Å²) in [5.41, 5.74) is 4.90. The zero-order valence-electron chi connectivity index (χ0n) is 17.6. The van der Waals surface area contributed by atoms with E-state index < -0.39 is 0 Å². The lowest BCUT2D eigenvalue weighted by molar-refractivity contribution is 0.0690. The van der Waals surface area contributed by atoms with E-state index in [-0.39, 0.29) is 11.9 Å². The summed E-state index contributed by atoms with van der Waals surface area (Å²) in [4.78, 5) is 18.8. The summed E-state index contributed by atoms with van der Waals surface area (Å²) in [7, 11) is 0. The van der Waals surface area contributed by atoms with E-state index in [0.29, 0.717) is 23.8 Å². The van der Waals surface area contributed by atoms with Gasteiger partial charge in [0.05, 0.1) is 23.0 Å². The van der Waals surface area contributed by atoms with Gasteiger partial charge < -0.3 is 4.90 Å². The van der Waals surface area contributed by atoms with Gasteiger partial charge in [-0.15, -0.1) is 0 Å². The van der Waals surface area contributed by atoms with Crippen LogP contribution in [0.5, 0.6) is 0 Å². The molecule has 1 saturated heterocycles. The first-order chi connectivity index (χ1) is 15.7. The van der Waals surface area contributed by atoms with Crippen LogP contribution in [0.3, 0.4) is 0 Å². The second kappa shape index (κ2) is 8.97. The second-order valence-corrected chi connectivity index (χ2v) is 8.37. The topological polar surface area (TPSA) is 51.0 Å². The Labute approximate surface area is 192 Å². The zero-order valence-corrected chi connectivity index (χ0v) is 18.3. The molecule has 1 amide bonds. The Bertz CT molecular complexity index is 1200. The Hall–Kier alpha value is -3.44. The van der Waals surface area contributed by atoms with E-state index in [9.17, 15) is 4.79 Å². The van der Waals surface area contributed by atoms with Crippen molar-refractivity contribution in [2.45, 2.75) is 18.9 Å². The summed E-state index contributed by atoms with van der Waals surface area (Å²) in [6.45, 7) is 1.36. The molecule has 2 aromatic heterocycles. The van der Waals surface area contributed by atoms with E-state index in [0.717, 1.165) is 35.4 Å². The van der Waals surface area contributed by atoms with Crippen molar-refractivity contribution in [3.8, 4) is 22.5 Å². The van der Waals surface area contributed by atoms with Crippen molar-refractivity contribution in [3.05, 3.63) is 95.8 Å². The van der Waals surface area contributed by atoms with Crippen molar-refractivity contribution < 1.29 is 4.79 Å². The molecule has 160 valence electrons. The third kappa shape index (κ3) is 4.16. The molecule has 5 nitrogen and oxygen atoms in total. The van der Waals surface area contributed by atoms with Gasteiger partial charge in [-0.05, 0) is 36.6 Å². The van der Waals surface area contributed by atoms with Gasteiger partial charge in [0.15, 0.2) is 0 Å². The third-order valence-corrected chi connectivity index (χ3v) is 6.17. The fraction of sp³-hybridized carbons (Fsp3) is 0.192. The molecule has 4 aromatic rings. The van der Waals surface area contributed by atoms with Crippen molar-refractivity contribution in [2.24, 2.45) is 0 Å². The highest BCUT2D eigenvalue weighted by atomic mass is 35.5. The van der Waals surface area contributed by atoms with Crippen LogP contribution in [0.25, 0.3) is 22.5 Å². The molecule has 3 heterocycles. The summed E-state index contributed by atoms with van der Waals surface area (Å²) in [6, 6.07) is 26.4. The summed E-state index contributed by atoms with van der Waals surface area (Å²) in [5, 5.41) is 5.40. The van der Waals surface area contributed by atoms with Gasteiger partial charge in [-0.3, -0.25) is 9.48 Å². The van der Waals surface area contributed by atoms with Gasteiger partial charge in [0.1, 0.15) is 5.15 Å². The molecule has 0 atom stereocenters. The van der Waals surface area contributed by atoms with Crippen LogP contribution in [-0.2, 0) is 0 Å². The zero-order chi connectivity index (χ0) is 21.9. The van der Waals surface area contributed by atoms with Crippen molar-refractivity contribution in [2.75, 3.05) is 13.1 Å². The van der Waals surface area contributed by atoms with Crippen LogP contribution < -0.4 is 0 Å². The highest BCUT2D eigenvalue weighted by Crippen LogP contribution is 2.32. The van der Waals surface area contributed by atoms with E-state index in [1.807, 2.05) is 29.2 Å². The van der Waals surface area contributed by atoms with E-state index in [1.54, 1.807) is 18.3 Å². The Morgan fingerprint density at radius 3 is 2.16 bits per heavy atom. The highest BCUT2D eigenvalue weighted by Gasteiger charge is 2.27. The Morgan fingerprint density at radius 2 is 1.53 bits per heavy atom. The van der Waals surface area contributed by atoms with E-state index in [4.69, 9.17) is 16.7 Å². The molecule has 0 aliphatic carbocycles. The van der Waals surface area contributed by atoms with Gasteiger partial charge in [0.2, 0.25) is 0 Å². The number of amides is 1. The number of likely N-dealkylation sites (tertiary alicyclic amines) is 1. The van der Waals surface area contributed by atoms with Gasteiger partial charge in [0, 0.05) is 24.8 Å². The molecule has 0 radical (unpaired) electrons. The maximum absolute atomic E-state index is 12.9. The molecule has 0 unspecified atom stereocenters. The fourth-order valence-electron chi connectivity index (χ4n) is 4.25. The van der Waals surface area contributed by atoms with Crippen molar-refractivity contribution in [1.29, 1.82) is 0 Å². The fourth-order valence-corrected chi connectivity index (χ4v) is 4.36. The predicted octanol–water partition coefficient (Wildman–Crippen LogP) is 5.74. The average molecular weight is 443 g/mol. The molecule has 32 heavy (non-hydrogen) atoms. The summed E-state index contributed by atoms with van der Waals surface area (Å²) < 4.78 is 2.16. The smallest absolute Gasteiger partial charge is 0.255 e. The number of piperidine rings is 1. The van der Waals surface area contributed by atoms with Crippen LogP contribution in [0.15, 0.2) is 85.1 Å². The first kappa shape index (κ1) is 20.5. The molecule has 1 aliphatic heterocycles. The van der Waals surface area contributed by atoms with Crippen LogP contribution in [0, 0.1) is 0 Å². The van der Waals surface area contributed by atoms with Crippen LogP contribution >= 0.6 is 11.6 Å². The minimum Gasteiger partial charge on any atom is -0.338 e. The normalized spacial score (nSPS) is 14.5. The quantitative estimate of drug-likeness (QED) is 0.378. The van der Waals surface area contributed by atoms with E-state index in [1.165, 1.54) is 0 Å². The number of nitrogens with zero attached hydrogens (tertiary/aromatic N) is 4. The Balaban J connectivity index is 1.39. The number of benzene rings is 2. The standard InChI is InChI=1S/C26H23ClN4O/c27-25-12-11-21(18-28-25)26(32)30-15-13-22(14-16-30)31-24(20-9-5-2-6-10-20)17-23(29-31)19-7-3-1-4-8-19/h1-12,17-18,22H,13-16H2. The van der Waals surface area contributed by atoms with Crippen molar-refractivity contribution in [3.63, 3.8) is 0 Å². The van der Waals surface area contributed by atoms with Crippen LogP contribution in [0.1, 0.15) is 29.2 Å². The summed E-state index contributed by atoms with van der Waals surface area (Å²) in [5.74, 6) is 0.00124. The number of aromatic nitrogens is 3. The second-order valence-electron chi connectivity index (χ2n) is 7.98. The Morgan fingerprint density at radius 1 is 0.875 bits per heavy atom. The number of halogens is 1. The van der Waals surface area contributed by atoms with Gasteiger partial charge >= 0.3 is 0 Å². The number of hydrogen-bond acceptors (Lipinski definition) is 3. The molecule has 0 saturated carbocycles. The number of carbonyl (C=O) groups excluding carboxylic acids is 1. The van der Waals surface area contributed by atoms with Crippen LogP contribution in [0.4, 0.5) is 0 Å². The first-order valence-electron chi connectivity index (χ1n) is 10.8. The molecule has 5 rings (SSSR count). The molecule has 6 heteroatoms. The van der Waals surface area contributed by atoms with Crippen molar-refractivity contribution in [1.82, 2.24) is 19.7 Å². The molecular formula is C26H23ClN4O. The predicted molar refractivity (Wildman–Crippen MR) is 127 cm³/mol. The number of hydrogen-bond donors (Lipinski definition) is 0. The minimum absolute atomic E-state index is 0.00124. The van der Waals surface area contributed by atoms with Gasteiger partial charge in [0.25, 0.3) is 5.91 Å². The Kier molecular flexibility index (Phi) is 5.73. The summed E-state index contributed by atoms with van der Waals surface area (Å²) in [6.07, 6.45) is 3.24. The molecule has 0 N–H and O–H groups in total. The highest BCUT2D eigenvalue weighted by molar-refractivity contribution is 6.29. The maximum atomic E-state index is 12.9. The average Bonchev–Trinajstić information content (AvgIpc) is 3.31. The maximum Gasteiger partial charge on any atom is 0.255 e. The molecule has 1 fully saturated rings. The number of carbonyl (C=O) groups is 1. The SMILES string of the molecule is O=C(c1ccc(Cl)nc1)N1CCC(n2nc(-c3ccccc3)cc2-c2ccccc2)CC1. The molecular weight excluding hydrogens is 420 g/mol. The van der Waals surface area contributed by atoms with Crippen molar-refractivity contribution >= 4 is 17.5 Å². The monoisotopic (exact) mass is 442 g/mol. The lowest BCUT2D eigenvalue weighted by Gasteiger charge is -2.33. The van der Waals surface area contributed by atoms with Crippen LogP contribution in [0.2, 0.25) is 5.15 Å². The first-order valence-corrected chi connectivity index (χ1v) is 11.2. The lowest BCUT2D eigenvalue weighted by atomic mass is 10.0. The number of rotatable bonds is 4. The summed E-state index contributed by atoms with van der Waals surface area (Å²) >= 11 is 5.85. The van der Waals surface area contributed by atoms with Crippen LogP contribution in [-0.4, -0.2) is 38.7 Å². The molecule has 0 spiro atoms. The van der Waals surface area contributed by atoms with E-state index >= 15 is 0 Å². The van der Waals surface area contributed by atoms with Gasteiger partial charge in [-0.25, -0.2) is 4.98 Å². The van der Waals surface area contributed by atoms with E-state index in [2.05, 4.69) is 52.1 Å². The third-order valence-electron chi connectivity index (χ3n) is 5.95. The minimum atomic E-state index is 0.00124. The lowest BCUT2D eigenvalue weighted by Crippen LogP contribution is -2.39. The van der Waals surface area contributed by atoms with Gasteiger partial charge in [-0.1, -0.05) is 72.3 Å². The largest absolute Gasteiger partial charge is 0.338 e. The molecule has 2 aromatic carbocycles. The number of pyridine rings is 1. The van der Waals surface area contributed by atoms with Gasteiger partial charge in [-0.2, -0.15) is 5.10 Å². The molecule has 1 aliphatic rings.